The molecule has 0 amide bonds. The molecule has 4 heteroatoms. The maximum Gasteiger partial charge on any atom is 0.103 e. The van der Waals surface area contributed by atoms with Gasteiger partial charge in [-0.3, -0.25) is 0 Å². The first-order valence-electron chi connectivity index (χ1n) is 7.41. The van der Waals surface area contributed by atoms with Crippen LogP contribution in [0.2, 0.25) is 0 Å². The Balaban J connectivity index is 1.94. The van der Waals surface area contributed by atoms with Crippen molar-refractivity contribution in [1.29, 1.82) is 0 Å². The van der Waals surface area contributed by atoms with Crippen molar-refractivity contribution >= 4 is 0 Å². The first-order chi connectivity index (χ1) is 10.8. The Morgan fingerprint density at radius 2 is 1.50 bits per heavy atom. The van der Waals surface area contributed by atoms with Crippen molar-refractivity contribution < 1.29 is 19.7 Å². The van der Waals surface area contributed by atoms with Crippen molar-refractivity contribution in [2.75, 3.05) is 33.0 Å². The molecule has 2 aromatic carbocycles. The summed E-state index contributed by atoms with van der Waals surface area (Å²) in [5.74, 6) is 0. The lowest BCUT2D eigenvalue weighted by Gasteiger charge is -2.16. The van der Waals surface area contributed by atoms with E-state index in [1.807, 2.05) is 54.6 Å². The van der Waals surface area contributed by atoms with Crippen LogP contribution in [0.3, 0.4) is 0 Å². The second-order valence-corrected chi connectivity index (χ2v) is 4.88. The summed E-state index contributed by atoms with van der Waals surface area (Å²) in [6, 6.07) is 17.8. The van der Waals surface area contributed by atoms with Crippen LogP contribution < -0.4 is 0 Å². The van der Waals surface area contributed by atoms with Gasteiger partial charge in [0.1, 0.15) is 6.10 Å². The second kappa shape index (κ2) is 9.33. The van der Waals surface area contributed by atoms with Crippen LogP contribution in [0.1, 0.15) is 11.7 Å². The van der Waals surface area contributed by atoms with Gasteiger partial charge < -0.3 is 19.7 Å². The third-order valence-corrected chi connectivity index (χ3v) is 3.29. The number of benzene rings is 2. The third kappa shape index (κ3) is 4.93. The van der Waals surface area contributed by atoms with E-state index >= 15 is 0 Å². The highest BCUT2D eigenvalue weighted by atomic mass is 16.5. The lowest BCUT2D eigenvalue weighted by molar-refractivity contribution is -0.00249. The van der Waals surface area contributed by atoms with Gasteiger partial charge in [-0.2, -0.15) is 0 Å². The quantitative estimate of drug-likeness (QED) is 0.698. The molecule has 0 radical (unpaired) electrons. The van der Waals surface area contributed by atoms with Gasteiger partial charge in [0, 0.05) is 0 Å². The van der Waals surface area contributed by atoms with E-state index in [0.29, 0.717) is 19.8 Å². The van der Waals surface area contributed by atoms with Crippen molar-refractivity contribution in [3.63, 3.8) is 0 Å². The first-order valence-corrected chi connectivity index (χ1v) is 7.41. The largest absolute Gasteiger partial charge is 0.394 e. The van der Waals surface area contributed by atoms with Gasteiger partial charge in [0.05, 0.1) is 33.0 Å². The summed E-state index contributed by atoms with van der Waals surface area (Å²) < 4.78 is 10.5. The smallest absolute Gasteiger partial charge is 0.103 e. The topological polar surface area (TPSA) is 58.9 Å². The van der Waals surface area contributed by atoms with E-state index in [1.165, 1.54) is 0 Å². The molecule has 0 spiro atoms. The minimum absolute atomic E-state index is 0.00702. The van der Waals surface area contributed by atoms with Crippen molar-refractivity contribution in [3.05, 3.63) is 60.2 Å². The molecular weight excluding hydrogens is 280 g/mol. The molecule has 0 aliphatic carbocycles. The van der Waals surface area contributed by atoms with Crippen LogP contribution in [0.4, 0.5) is 0 Å². The van der Waals surface area contributed by atoms with Crippen LogP contribution in [0, 0.1) is 0 Å². The monoisotopic (exact) mass is 302 g/mol. The molecule has 2 rings (SSSR count). The molecule has 0 fully saturated rings. The van der Waals surface area contributed by atoms with Gasteiger partial charge in [-0.1, -0.05) is 54.6 Å². The average molecular weight is 302 g/mol. The van der Waals surface area contributed by atoms with Gasteiger partial charge in [0.2, 0.25) is 0 Å². The standard InChI is InChI=1S/C18H22O4/c19-10-11-21-12-13-22-14-18(20)17-9-5-4-8-16(17)15-6-2-1-3-7-15/h1-9,18-20H,10-14H2. The van der Waals surface area contributed by atoms with Gasteiger partial charge in [-0.05, 0) is 16.7 Å². The molecule has 2 N–H and O–H groups in total. The Bertz CT molecular complexity index is 542. The van der Waals surface area contributed by atoms with E-state index in [4.69, 9.17) is 14.6 Å². The molecule has 0 aromatic heterocycles. The Morgan fingerprint density at radius 3 is 2.27 bits per heavy atom. The molecule has 2 aromatic rings. The number of rotatable bonds is 9. The number of aliphatic hydroxyl groups excluding tert-OH is 2. The third-order valence-electron chi connectivity index (χ3n) is 3.29. The summed E-state index contributed by atoms with van der Waals surface area (Å²) in [6.45, 7) is 1.33. The van der Waals surface area contributed by atoms with Crippen molar-refractivity contribution in [1.82, 2.24) is 0 Å². The summed E-state index contributed by atoms with van der Waals surface area (Å²) >= 11 is 0. The maximum absolute atomic E-state index is 10.4. The molecule has 118 valence electrons. The molecular formula is C18H22O4. The maximum atomic E-state index is 10.4. The molecule has 0 heterocycles. The fraction of sp³-hybridized carbons (Fsp3) is 0.333. The van der Waals surface area contributed by atoms with E-state index in [0.717, 1.165) is 16.7 Å². The van der Waals surface area contributed by atoms with Crippen LogP contribution >= 0.6 is 0 Å². The summed E-state index contributed by atoms with van der Waals surface area (Å²) in [5, 5.41) is 19.0. The first kappa shape index (κ1) is 16.6. The fourth-order valence-electron chi connectivity index (χ4n) is 2.24. The van der Waals surface area contributed by atoms with E-state index in [1.54, 1.807) is 0 Å². The van der Waals surface area contributed by atoms with Crippen LogP contribution in [-0.2, 0) is 9.47 Å². The average Bonchev–Trinajstić information content (AvgIpc) is 2.58. The molecule has 4 nitrogen and oxygen atoms in total. The van der Waals surface area contributed by atoms with Gasteiger partial charge in [0.15, 0.2) is 0 Å². The van der Waals surface area contributed by atoms with E-state index < -0.39 is 6.10 Å². The zero-order chi connectivity index (χ0) is 15.6. The highest BCUT2D eigenvalue weighted by molar-refractivity contribution is 5.67. The van der Waals surface area contributed by atoms with Crippen LogP contribution in [-0.4, -0.2) is 43.2 Å². The van der Waals surface area contributed by atoms with Crippen LogP contribution in [0.15, 0.2) is 54.6 Å². The highest BCUT2D eigenvalue weighted by Gasteiger charge is 2.13. The second-order valence-electron chi connectivity index (χ2n) is 4.88. The minimum atomic E-state index is -0.686. The minimum Gasteiger partial charge on any atom is -0.394 e. The van der Waals surface area contributed by atoms with Crippen LogP contribution in [0.5, 0.6) is 0 Å². The van der Waals surface area contributed by atoms with Gasteiger partial charge in [-0.15, -0.1) is 0 Å². The van der Waals surface area contributed by atoms with Gasteiger partial charge in [0.25, 0.3) is 0 Å². The molecule has 0 saturated heterocycles. The van der Waals surface area contributed by atoms with Crippen LogP contribution in [0.25, 0.3) is 11.1 Å². The number of hydrogen-bond donors (Lipinski definition) is 2. The van der Waals surface area contributed by atoms with Crippen molar-refractivity contribution in [2.24, 2.45) is 0 Å². The molecule has 1 unspecified atom stereocenters. The summed E-state index contributed by atoms with van der Waals surface area (Å²) in [5.41, 5.74) is 2.93. The van der Waals surface area contributed by atoms with Crippen molar-refractivity contribution in [2.45, 2.75) is 6.10 Å². The summed E-state index contributed by atoms with van der Waals surface area (Å²) in [6.07, 6.45) is -0.686. The lowest BCUT2D eigenvalue weighted by atomic mass is 9.96. The zero-order valence-corrected chi connectivity index (χ0v) is 12.5. The predicted molar refractivity (Wildman–Crippen MR) is 85.6 cm³/mol. The molecule has 0 bridgehead atoms. The van der Waals surface area contributed by atoms with E-state index in [9.17, 15) is 5.11 Å². The normalized spacial score (nSPS) is 12.3. The Labute approximate surface area is 130 Å². The number of hydrogen-bond acceptors (Lipinski definition) is 4. The Morgan fingerprint density at radius 1 is 0.818 bits per heavy atom. The molecule has 22 heavy (non-hydrogen) atoms. The fourth-order valence-corrected chi connectivity index (χ4v) is 2.24. The predicted octanol–water partition coefficient (Wildman–Crippen LogP) is 2.41. The molecule has 0 aliphatic rings. The highest BCUT2D eigenvalue weighted by Crippen LogP contribution is 2.28. The molecule has 0 saturated carbocycles. The van der Waals surface area contributed by atoms with E-state index in [-0.39, 0.29) is 13.2 Å². The lowest BCUT2D eigenvalue weighted by Crippen LogP contribution is -2.13. The Kier molecular flexibility index (Phi) is 7.06. The number of aliphatic hydroxyl groups is 2. The van der Waals surface area contributed by atoms with Gasteiger partial charge in [-0.25, -0.2) is 0 Å². The van der Waals surface area contributed by atoms with Gasteiger partial charge >= 0.3 is 0 Å². The van der Waals surface area contributed by atoms with Crippen molar-refractivity contribution in [3.8, 4) is 11.1 Å². The summed E-state index contributed by atoms with van der Waals surface area (Å²) in [7, 11) is 0. The Hall–Kier alpha value is -1.72. The van der Waals surface area contributed by atoms with E-state index in [2.05, 4.69) is 0 Å². The molecule has 1 atom stereocenters. The number of ether oxygens (including phenoxy) is 2. The molecule has 0 aliphatic heterocycles. The zero-order valence-electron chi connectivity index (χ0n) is 12.5. The summed E-state index contributed by atoms with van der Waals surface area (Å²) in [4.78, 5) is 0. The SMILES string of the molecule is OCCOCCOCC(O)c1ccccc1-c1ccccc1.